The molecule has 0 bridgehead atoms. The maximum absolute atomic E-state index is 4.87. The van der Waals surface area contributed by atoms with E-state index >= 15 is 0 Å². The number of hydrogen-bond acceptors (Lipinski definition) is 2. The summed E-state index contributed by atoms with van der Waals surface area (Å²) in [5.41, 5.74) is 9.61. The SMILES string of the molecule is c1ccc(-c2ccc(-n3c4ccccc4c4c5c6cccnc6sc5c5c(c6ccccc6n5-c5ccccc5)c43)cc2)cc1. The number of thiophene rings is 1. The average molecular weight is 592 g/mol. The van der Waals surface area contributed by atoms with Crippen LogP contribution in [0.3, 0.4) is 0 Å². The highest BCUT2D eigenvalue weighted by molar-refractivity contribution is 7.26. The van der Waals surface area contributed by atoms with Gasteiger partial charge in [0.15, 0.2) is 0 Å². The highest BCUT2D eigenvalue weighted by Gasteiger charge is 2.26. The van der Waals surface area contributed by atoms with E-state index in [1.165, 1.54) is 70.2 Å². The van der Waals surface area contributed by atoms with Gasteiger partial charge in [-0.25, -0.2) is 4.98 Å². The third-order valence-electron chi connectivity index (χ3n) is 9.16. The van der Waals surface area contributed by atoms with Crippen LogP contribution in [0.25, 0.3) is 86.4 Å². The number of nitrogens with zero attached hydrogens (tertiary/aromatic N) is 3. The molecule has 0 saturated carbocycles. The zero-order valence-corrected chi connectivity index (χ0v) is 25.0. The Kier molecular flexibility index (Phi) is 5.16. The quantitative estimate of drug-likeness (QED) is 0.200. The topological polar surface area (TPSA) is 22.8 Å². The van der Waals surface area contributed by atoms with E-state index in [0.717, 1.165) is 16.2 Å². The molecule has 0 amide bonds. The summed E-state index contributed by atoms with van der Waals surface area (Å²) < 4.78 is 6.22. The lowest BCUT2D eigenvalue weighted by Gasteiger charge is -2.12. The maximum Gasteiger partial charge on any atom is 0.124 e. The van der Waals surface area contributed by atoms with Gasteiger partial charge in [-0.2, -0.15) is 0 Å². The Labute approximate surface area is 262 Å². The van der Waals surface area contributed by atoms with Crippen molar-refractivity contribution in [3.05, 3.63) is 152 Å². The lowest BCUT2D eigenvalue weighted by Crippen LogP contribution is -1.96. The first-order valence-corrected chi connectivity index (χ1v) is 16.1. The number of rotatable bonds is 3. The van der Waals surface area contributed by atoms with Gasteiger partial charge >= 0.3 is 0 Å². The fourth-order valence-corrected chi connectivity index (χ4v) is 8.51. The fourth-order valence-electron chi connectivity index (χ4n) is 7.32. The predicted octanol–water partition coefficient (Wildman–Crippen LogP) is 11.3. The molecule has 0 fully saturated rings. The number of hydrogen-bond donors (Lipinski definition) is 0. The van der Waals surface area contributed by atoms with Crippen LogP contribution in [0.5, 0.6) is 0 Å². The van der Waals surface area contributed by atoms with Crippen LogP contribution in [-0.4, -0.2) is 14.1 Å². The Balaban J connectivity index is 1.46. The van der Waals surface area contributed by atoms with Crippen LogP contribution in [0.1, 0.15) is 0 Å². The monoisotopic (exact) mass is 591 g/mol. The van der Waals surface area contributed by atoms with Crippen LogP contribution < -0.4 is 0 Å². The third kappa shape index (κ3) is 3.43. The van der Waals surface area contributed by atoms with Crippen LogP contribution in [-0.2, 0) is 0 Å². The number of para-hydroxylation sites is 3. The van der Waals surface area contributed by atoms with Crippen LogP contribution in [0.15, 0.2) is 152 Å². The molecular weight excluding hydrogens is 567 g/mol. The van der Waals surface area contributed by atoms with E-state index in [2.05, 4.69) is 155 Å². The predicted molar refractivity (Wildman–Crippen MR) is 191 cm³/mol. The second-order valence-electron chi connectivity index (χ2n) is 11.6. The van der Waals surface area contributed by atoms with Gasteiger partial charge in [-0.15, -0.1) is 11.3 Å². The summed E-state index contributed by atoms with van der Waals surface area (Å²) in [6.45, 7) is 0. The lowest BCUT2D eigenvalue weighted by atomic mass is 10.0. The molecular formula is C41H25N3S. The molecule has 0 N–H and O–H groups in total. The highest BCUT2D eigenvalue weighted by atomic mass is 32.1. The summed E-state index contributed by atoms with van der Waals surface area (Å²) in [7, 11) is 0. The van der Waals surface area contributed by atoms with Gasteiger partial charge in [0.1, 0.15) is 4.83 Å². The second kappa shape index (κ2) is 9.39. The van der Waals surface area contributed by atoms with Gasteiger partial charge in [0.05, 0.1) is 26.8 Å². The van der Waals surface area contributed by atoms with Crippen molar-refractivity contribution in [3.63, 3.8) is 0 Å². The Hall–Kier alpha value is -5.71. The van der Waals surface area contributed by atoms with Crippen molar-refractivity contribution in [1.82, 2.24) is 14.1 Å². The molecule has 0 atom stereocenters. The summed E-state index contributed by atoms with van der Waals surface area (Å²) >= 11 is 1.80. The van der Waals surface area contributed by atoms with Crippen molar-refractivity contribution in [2.45, 2.75) is 0 Å². The first kappa shape index (κ1) is 24.7. The summed E-state index contributed by atoms with van der Waals surface area (Å²) in [6, 6.07) is 52.5. The van der Waals surface area contributed by atoms with E-state index in [4.69, 9.17) is 4.98 Å². The Morgan fingerprint density at radius 2 is 0.978 bits per heavy atom. The maximum atomic E-state index is 4.87. The van der Waals surface area contributed by atoms with E-state index in [9.17, 15) is 0 Å². The molecule has 10 rings (SSSR count). The zero-order chi connectivity index (χ0) is 29.5. The normalized spacial score (nSPS) is 12.0. The Morgan fingerprint density at radius 1 is 0.422 bits per heavy atom. The average Bonchev–Trinajstić information content (AvgIpc) is 3.77. The molecule has 0 radical (unpaired) electrons. The molecule has 210 valence electrons. The van der Waals surface area contributed by atoms with E-state index in [1.54, 1.807) is 11.3 Å². The molecule has 0 aliphatic carbocycles. The molecule has 0 saturated heterocycles. The minimum absolute atomic E-state index is 1.07. The van der Waals surface area contributed by atoms with Crippen LogP contribution in [0.2, 0.25) is 0 Å². The second-order valence-corrected chi connectivity index (χ2v) is 12.6. The minimum Gasteiger partial charge on any atom is -0.309 e. The number of pyridine rings is 1. The van der Waals surface area contributed by atoms with E-state index in [1.807, 2.05) is 6.20 Å². The molecule has 0 spiro atoms. The molecule has 3 nitrogen and oxygen atoms in total. The molecule has 0 unspecified atom stereocenters. The largest absolute Gasteiger partial charge is 0.309 e. The van der Waals surface area contributed by atoms with Gasteiger partial charge in [-0.3, -0.25) is 0 Å². The summed E-state index contributed by atoms with van der Waals surface area (Å²) in [4.78, 5) is 5.94. The first-order chi connectivity index (χ1) is 22.4. The van der Waals surface area contributed by atoms with E-state index in [0.29, 0.717) is 0 Å². The van der Waals surface area contributed by atoms with Gasteiger partial charge in [-0.1, -0.05) is 97.1 Å². The lowest BCUT2D eigenvalue weighted by molar-refractivity contribution is 1.18. The van der Waals surface area contributed by atoms with Gasteiger partial charge in [0, 0.05) is 49.9 Å². The van der Waals surface area contributed by atoms with Gasteiger partial charge < -0.3 is 9.13 Å². The summed E-state index contributed by atoms with van der Waals surface area (Å²) in [6.07, 6.45) is 1.91. The molecule has 10 aromatic rings. The fraction of sp³-hybridized carbons (Fsp3) is 0. The van der Waals surface area contributed by atoms with Crippen molar-refractivity contribution in [1.29, 1.82) is 0 Å². The molecule has 45 heavy (non-hydrogen) atoms. The molecule has 4 heterocycles. The molecule has 4 heteroatoms. The minimum atomic E-state index is 1.07. The van der Waals surface area contributed by atoms with Crippen molar-refractivity contribution in [3.8, 4) is 22.5 Å². The first-order valence-electron chi connectivity index (χ1n) is 15.2. The third-order valence-corrected chi connectivity index (χ3v) is 10.3. The Morgan fingerprint density at radius 3 is 1.71 bits per heavy atom. The summed E-state index contributed by atoms with van der Waals surface area (Å²) in [5.74, 6) is 0. The standard InChI is InChI=1S/C41H25N3S/c1-3-12-26(13-4-1)27-21-23-29(24-22-27)43-33-19-9-7-16-30(33)35-36-32-18-11-25-42-41(32)45-40(36)39-37(38(35)43)31-17-8-10-20-34(31)44(39)28-14-5-2-6-15-28/h1-25H. The van der Waals surface area contributed by atoms with Crippen LogP contribution >= 0.6 is 11.3 Å². The van der Waals surface area contributed by atoms with Gasteiger partial charge in [0.25, 0.3) is 0 Å². The number of aromatic nitrogens is 3. The van der Waals surface area contributed by atoms with Crippen molar-refractivity contribution in [2.75, 3.05) is 0 Å². The summed E-state index contributed by atoms with van der Waals surface area (Å²) in [5, 5.41) is 7.55. The Bertz CT molecular complexity index is 2730. The van der Waals surface area contributed by atoms with Gasteiger partial charge in [0.2, 0.25) is 0 Å². The molecule has 0 aliphatic heterocycles. The van der Waals surface area contributed by atoms with E-state index in [-0.39, 0.29) is 0 Å². The number of benzene rings is 6. The van der Waals surface area contributed by atoms with Crippen LogP contribution in [0, 0.1) is 0 Å². The van der Waals surface area contributed by atoms with Crippen LogP contribution in [0.4, 0.5) is 0 Å². The van der Waals surface area contributed by atoms with Crippen molar-refractivity contribution in [2.24, 2.45) is 0 Å². The smallest absolute Gasteiger partial charge is 0.124 e. The number of fused-ring (bicyclic) bond motifs is 12. The highest BCUT2D eigenvalue weighted by Crippen LogP contribution is 2.50. The molecule has 0 aliphatic rings. The van der Waals surface area contributed by atoms with Gasteiger partial charge in [-0.05, 0) is 59.7 Å². The van der Waals surface area contributed by atoms with Crippen molar-refractivity contribution >= 4 is 75.3 Å². The van der Waals surface area contributed by atoms with Crippen molar-refractivity contribution < 1.29 is 0 Å². The molecule has 4 aromatic heterocycles. The molecule has 6 aromatic carbocycles. The van der Waals surface area contributed by atoms with E-state index < -0.39 is 0 Å². The zero-order valence-electron chi connectivity index (χ0n) is 24.2.